The number of rotatable bonds is 6. The Bertz CT molecular complexity index is 971. The highest BCUT2D eigenvalue weighted by Gasteiger charge is 2.19. The maximum Gasteiger partial charge on any atom is 0.350 e. The van der Waals surface area contributed by atoms with E-state index in [-0.39, 0.29) is 12.5 Å². The Balaban J connectivity index is 1.60. The van der Waals surface area contributed by atoms with Gasteiger partial charge in [-0.25, -0.2) is 9.78 Å². The van der Waals surface area contributed by atoms with Crippen molar-refractivity contribution in [1.29, 1.82) is 0 Å². The van der Waals surface area contributed by atoms with Gasteiger partial charge >= 0.3 is 5.97 Å². The summed E-state index contributed by atoms with van der Waals surface area (Å²) in [6.45, 7) is 1.89. The topological polar surface area (TPSA) is 59.5 Å². The van der Waals surface area contributed by atoms with Gasteiger partial charge in [-0.3, -0.25) is 4.79 Å². The van der Waals surface area contributed by atoms with Crippen LogP contribution in [0.15, 0.2) is 54.6 Å². The zero-order chi connectivity index (χ0) is 20.1. The van der Waals surface area contributed by atoms with Gasteiger partial charge in [0.05, 0.1) is 5.69 Å². The SMILES string of the molecule is Cc1nc(-c2ccc(Cl)cc2)sc1C(=O)OCC(=O)N(C)Cc1ccccc1. The van der Waals surface area contributed by atoms with Crippen LogP contribution >= 0.6 is 22.9 Å². The molecule has 1 amide bonds. The molecule has 0 unspecified atom stereocenters. The lowest BCUT2D eigenvalue weighted by Gasteiger charge is -2.17. The van der Waals surface area contributed by atoms with Crippen LogP contribution in [-0.4, -0.2) is 35.4 Å². The Hall–Kier alpha value is -2.70. The van der Waals surface area contributed by atoms with E-state index in [0.29, 0.717) is 27.1 Å². The number of aryl methyl sites for hydroxylation is 1. The third-order valence-electron chi connectivity index (χ3n) is 4.09. The molecular formula is C21H19ClN2O3S. The highest BCUT2D eigenvalue weighted by Crippen LogP contribution is 2.29. The van der Waals surface area contributed by atoms with E-state index in [1.165, 1.54) is 16.2 Å². The predicted molar refractivity (Wildman–Crippen MR) is 110 cm³/mol. The van der Waals surface area contributed by atoms with Gasteiger partial charge in [-0.1, -0.05) is 54.1 Å². The van der Waals surface area contributed by atoms with E-state index in [9.17, 15) is 9.59 Å². The minimum Gasteiger partial charge on any atom is -0.451 e. The molecule has 0 aliphatic carbocycles. The number of amides is 1. The van der Waals surface area contributed by atoms with Crippen molar-refractivity contribution in [3.63, 3.8) is 0 Å². The predicted octanol–water partition coefficient (Wildman–Crippen LogP) is 4.59. The molecule has 28 heavy (non-hydrogen) atoms. The molecule has 0 saturated carbocycles. The molecular weight excluding hydrogens is 396 g/mol. The molecule has 7 heteroatoms. The number of hydrogen-bond donors (Lipinski definition) is 0. The van der Waals surface area contributed by atoms with Gasteiger partial charge in [-0.05, 0) is 24.6 Å². The van der Waals surface area contributed by atoms with Crippen molar-refractivity contribution in [3.05, 3.63) is 75.8 Å². The van der Waals surface area contributed by atoms with Crippen molar-refractivity contribution in [1.82, 2.24) is 9.88 Å². The summed E-state index contributed by atoms with van der Waals surface area (Å²) in [4.78, 5) is 31.0. The van der Waals surface area contributed by atoms with Gasteiger partial charge in [0.2, 0.25) is 0 Å². The van der Waals surface area contributed by atoms with Gasteiger partial charge in [-0.2, -0.15) is 0 Å². The first kappa shape index (κ1) is 20.0. The fourth-order valence-electron chi connectivity index (χ4n) is 2.55. The molecule has 2 aromatic carbocycles. The van der Waals surface area contributed by atoms with Crippen molar-refractivity contribution in [2.45, 2.75) is 13.5 Å². The molecule has 0 atom stereocenters. The number of esters is 1. The van der Waals surface area contributed by atoms with E-state index in [1.54, 1.807) is 26.1 Å². The van der Waals surface area contributed by atoms with Crippen molar-refractivity contribution in [2.24, 2.45) is 0 Å². The first-order valence-corrected chi connectivity index (χ1v) is 9.82. The van der Waals surface area contributed by atoms with Crippen LogP contribution in [0.25, 0.3) is 10.6 Å². The van der Waals surface area contributed by atoms with Crippen LogP contribution < -0.4 is 0 Å². The fourth-order valence-corrected chi connectivity index (χ4v) is 3.64. The molecule has 3 rings (SSSR count). The van der Waals surface area contributed by atoms with Gasteiger partial charge in [0, 0.05) is 24.2 Å². The number of hydrogen-bond acceptors (Lipinski definition) is 5. The smallest absolute Gasteiger partial charge is 0.350 e. The zero-order valence-corrected chi connectivity index (χ0v) is 17.1. The molecule has 0 spiro atoms. The summed E-state index contributed by atoms with van der Waals surface area (Å²) < 4.78 is 5.22. The second-order valence-electron chi connectivity index (χ2n) is 6.25. The molecule has 5 nitrogen and oxygen atoms in total. The van der Waals surface area contributed by atoms with E-state index in [4.69, 9.17) is 16.3 Å². The summed E-state index contributed by atoms with van der Waals surface area (Å²) in [6.07, 6.45) is 0. The van der Waals surface area contributed by atoms with Gasteiger partial charge in [0.1, 0.15) is 9.88 Å². The molecule has 0 aliphatic heterocycles. The summed E-state index contributed by atoms with van der Waals surface area (Å²) >= 11 is 7.14. The number of aromatic nitrogens is 1. The Morgan fingerprint density at radius 2 is 1.79 bits per heavy atom. The number of nitrogens with zero attached hydrogens (tertiary/aromatic N) is 2. The van der Waals surface area contributed by atoms with E-state index in [1.807, 2.05) is 42.5 Å². The average molecular weight is 415 g/mol. The Labute approximate surface area is 172 Å². The highest BCUT2D eigenvalue weighted by atomic mass is 35.5. The van der Waals surface area contributed by atoms with E-state index in [2.05, 4.69) is 4.98 Å². The van der Waals surface area contributed by atoms with E-state index < -0.39 is 5.97 Å². The average Bonchev–Trinajstić information content (AvgIpc) is 3.09. The van der Waals surface area contributed by atoms with E-state index in [0.717, 1.165) is 11.1 Å². The largest absolute Gasteiger partial charge is 0.451 e. The maximum absolute atomic E-state index is 12.4. The number of thiazole rings is 1. The molecule has 0 fully saturated rings. The monoisotopic (exact) mass is 414 g/mol. The fraction of sp³-hybridized carbons (Fsp3) is 0.190. The highest BCUT2D eigenvalue weighted by molar-refractivity contribution is 7.17. The van der Waals surface area contributed by atoms with Crippen LogP contribution in [0, 0.1) is 6.92 Å². The number of halogens is 1. The number of ether oxygens (including phenoxy) is 1. The second-order valence-corrected chi connectivity index (χ2v) is 7.69. The van der Waals surface area contributed by atoms with Crippen LogP contribution in [0.1, 0.15) is 20.9 Å². The van der Waals surface area contributed by atoms with Gasteiger partial charge in [-0.15, -0.1) is 11.3 Å². The van der Waals surface area contributed by atoms with E-state index >= 15 is 0 Å². The van der Waals surface area contributed by atoms with Crippen LogP contribution in [0.3, 0.4) is 0 Å². The molecule has 0 bridgehead atoms. The number of likely N-dealkylation sites (N-methyl/N-ethyl adjacent to an activating group) is 1. The molecule has 1 aromatic heterocycles. The molecule has 144 valence electrons. The Morgan fingerprint density at radius 1 is 1.11 bits per heavy atom. The quantitative estimate of drug-likeness (QED) is 0.553. The minimum absolute atomic E-state index is 0.266. The van der Waals surface area contributed by atoms with Crippen molar-refractivity contribution in [3.8, 4) is 10.6 Å². The summed E-state index contributed by atoms with van der Waals surface area (Å²) in [6, 6.07) is 16.9. The molecule has 0 aliphatic rings. The van der Waals surface area contributed by atoms with Crippen molar-refractivity contribution >= 4 is 34.8 Å². The maximum atomic E-state index is 12.4. The summed E-state index contributed by atoms with van der Waals surface area (Å²) in [5, 5.41) is 1.34. The van der Waals surface area contributed by atoms with Crippen LogP contribution in [-0.2, 0) is 16.1 Å². The van der Waals surface area contributed by atoms with Crippen LogP contribution in [0.5, 0.6) is 0 Å². The molecule has 1 heterocycles. The summed E-state index contributed by atoms with van der Waals surface area (Å²) in [5.41, 5.74) is 2.45. The number of carbonyl (C=O) groups is 2. The molecule has 3 aromatic rings. The minimum atomic E-state index is -0.545. The third-order valence-corrected chi connectivity index (χ3v) is 5.53. The lowest BCUT2D eigenvalue weighted by atomic mass is 10.2. The van der Waals surface area contributed by atoms with Gasteiger partial charge in [0.25, 0.3) is 5.91 Å². The molecule has 0 N–H and O–H groups in total. The number of benzene rings is 2. The standard InChI is InChI=1S/C21H19ClN2O3S/c1-14-19(28-20(23-14)16-8-10-17(22)11-9-16)21(26)27-13-18(25)24(2)12-15-6-4-3-5-7-15/h3-11H,12-13H2,1-2H3. The van der Waals surface area contributed by atoms with Crippen molar-refractivity contribution < 1.29 is 14.3 Å². The third kappa shape index (κ3) is 4.97. The second kappa shape index (κ2) is 8.99. The van der Waals surface area contributed by atoms with Gasteiger partial charge < -0.3 is 9.64 Å². The Kier molecular flexibility index (Phi) is 6.44. The lowest BCUT2D eigenvalue weighted by Crippen LogP contribution is -2.30. The van der Waals surface area contributed by atoms with Gasteiger partial charge in [0.15, 0.2) is 6.61 Å². The zero-order valence-electron chi connectivity index (χ0n) is 15.5. The number of carbonyl (C=O) groups excluding carboxylic acids is 2. The molecule has 0 saturated heterocycles. The van der Waals surface area contributed by atoms with Crippen molar-refractivity contribution in [2.75, 3.05) is 13.7 Å². The summed E-state index contributed by atoms with van der Waals surface area (Å²) in [5.74, 6) is -0.811. The normalized spacial score (nSPS) is 10.5. The first-order chi connectivity index (χ1) is 13.4. The lowest BCUT2D eigenvalue weighted by molar-refractivity contribution is -0.133. The van der Waals surface area contributed by atoms with Crippen LogP contribution in [0.4, 0.5) is 0 Å². The Morgan fingerprint density at radius 3 is 2.46 bits per heavy atom. The van der Waals surface area contributed by atoms with Crippen LogP contribution in [0.2, 0.25) is 5.02 Å². The molecule has 0 radical (unpaired) electrons. The first-order valence-electron chi connectivity index (χ1n) is 8.62. The summed E-state index contributed by atoms with van der Waals surface area (Å²) in [7, 11) is 1.68.